The zero-order valence-electron chi connectivity index (χ0n) is 18.0. The predicted molar refractivity (Wildman–Crippen MR) is 126 cm³/mol. The van der Waals surface area contributed by atoms with Crippen LogP contribution in [0.5, 0.6) is 11.5 Å². The molecule has 10 nitrogen and oxygen atoms in total. The molecule has 0 spiro atoms. The van der Waals surface area contributed by atoms with E-state index >= 15 is 0 Å². The molecule has 3 heterocycles. The average Bonchev–Trinajstić information content (AvgIpc) is 3.22. The first-order valence-corrected chi connectivity index (χ1v) is 11.1. The number of anilines is 4. The Bertz CT molecular complexity index is 1250. The Morgan fingerprint density at radius 1 is 1.12 bits per heavy atom. The van der Waals surface area contributed by atoms with Crippen LogP contribution < -0.4 is 25.4 Å². The second kappa shape index (κ2) is 9.44. The quantitative estimate of drug-likeness (QED) is 0.509. The van der Waals surface area contributed by atoms with Gasteiger partial charge in [0.1, 0.15) is 11.5 Å². The van der Waals surface area contributed by atoms with Crippen LogP contribution in [-0.2, 0) is 4.79 Å². The van der Waals surface area contributed by atoms with Gasteiger partial charge in [-0.3, -0.25) is 9.59 Å². The molecular formula is C23H21ClN6O4. The van der Waals surface area contributed by atoms with Gasteiger partial charge in [-0.2, -0.15) is 4.98 Å². The molecule has 3 N–H and O–H groups in total. The molecule has 0 aliphatic carbocycles. The van der Waals surface area contributed by atoms with Gasteiger partial charge in [0.05, 0.1) is 5.02 Å². The van der Waals surface area contributed by atoms with Gasteiger partial charge >= 0.3 is 0 Å². The van der Waals surface area contributed by atoms with Crippen molar-refractivity contribution in [2.45, 2.75) is 6.42 Å². The summed E-state index contributed by atoms with van der Waals surface area (Å²) in [5.41, 5.74) is 1.72. The maximum atomic E-state index is 12.9. The Morgan fingerprint density at radius 2 is 2.03 bits per heavy atom. The molecule has 0 atom stereocenters. The van der Waals surface area contributed by atoms with E-state index in [1.54, 1.807) is 47.5 Å². The maximum absolute atomic E-state index is 12.9. The summed E-state index contributed by atoms with van der Waals surface area (Å²) in [5.74, 6) is 1.78. The standard InChI is InChI=1S/C23H21ClN6O4/c24-16-4-5-17-21(34-13-33-17)20(16)28-18-6-8-26-23(29-18)27-15-3-1-2-14(12-15)22(32)30-10-7-19(31)25-9-11-30/h1-6,8,12H,7,9-11,13H2,(H,25,31)(H2,26,27,28,29). The fraction of sp³-hybridized carbons (Fsp3) is 0.217. The normalized spacial score (nSPS) is 14.9. The van der Waals surface area contributed by atoms with Crippen molar-refractivity contribution < 1.29 is 19.1 Å². The number of halogens is 1. The molecule has 1 fully saturated rings. The minimum atomic E-state index is -0.133. The van der Waals surface area contributed by atoms with Crippen LogP contribution in [0.2, 0.25) is 5.02 Å². The minimum Gasteiger partial charge on any atom is -0.454 e. The molecule has 5 rings (SSSR count). The number of nitrogens with one attached hydrogen (secondary N) is 3. The number of rotatable bonds is 5. The van der Waals surface area contributed by atoms with Crippen LogP contribution in [0.25, 0.3) is 0 Å². The van der Waals surface area contributed by atoms with Gasteiger partial charge in [-0.15, -0.1) is 0 Å². The summed E-state index contributed by atoms with van der Waals surface area (Å²) in [6.07, 6.45) is 1.89. The first-order valence-electron chi connectivity index (χ1n) is 10.7. The van der Waals surface area contributed by atoms with Crippen LogP contribution in [0.15, 0.2) is 48.7 Å². The monoisotopic (exact) mass is 480 g/mol. The van der Waals surface area contributed by atoms with Gasteiger partial charge in [-0.05, 0) is 36.4 Å². The summed E-state index contributed by atoms with van der Waals surface area (Å²) in [6.45, 7) is 1.43. The molecule has 0 saturated carbocycles. The molecule has 34 heavy (non-hydrogen) atoms. The molecule has 2 aromatic carbocycles. The van der Waals surface area contributed by atoms with Crippen LogP contribution in [0.1, 0.15) is 16.8 Å². The van der Waals surface area contributed by atoms with Crippen molar-refractivity contribution in [2.24, 2.45) is 0 Å². The van der Waals surface area contributed by atoms with E-state index in [-0.39, 0.29) is 18.6 Å². The second-order valence-electron chi connectivity index (χ2n) is 7.64. The van der Waals surface area contributed by atoms with Gasteiger partial charge in [0.2, 0.25) is 18.6 Å². The highest BCUT2D eigenvalue weighted by Gasteiger charge is 2.22. The summed E-state index contributed by atoms with van der Waals surface area (Å²) in [6, 6.07) is 12.2. The fourth-order valence-corrected chi connectivity index (χ4v) is 3.89. The van der Waals surface area contributed by atoms with Crippen molar-refractivity contribution in [1.29, 1.82) is 0 Å². The number of hydrogen-bond acceptors (Lipinski definition) is 8. The molecule has 0 unspecified atom stereocenters. The molecular weight excluding hydrogens is 460 g/mol. The topological polar surface area (TPSA) is 118 Å². The minimum absolute atomic E-state index is 0.0443. The van der Waals surface area contributed by atoms with E-state index in [0.29, 0.717) is 71.3 Å². The third kappa shape index (κ3) is 4.67. The van der Waals surface area contributed by atoms with Crippen LogP contribution in [0.4, 0.5) is 23.1 Å². The van der Waals surface area contributed by atoms with Crippen LogP contribution in [0, 0.1) is 0 Å². The predicted octanol–water partition coefficient (Wildman–Crippen LogP) is 3.31. The molecule has 174 valence electrons. The van der Waals surface area contributed by atoms with Crippen molar-refractivity contribution in [3.63, 3.8) is 0 Å². The van der Waals surface area contributed by atoms with E-state index in [0.717, 1.165) is 0 Å². The first kappa shape index (κ1) is 21.8. The van der Waals surface area contributed by atoms with Gasteiger partial charge in [-0.25, -0.2) is 4.98 Å². The average molecular weight is 481 g/mol. The summed E-state index contributed by atoms with van der Waals surface area (Å²) < 4.78 is 10.9. The molecule has 2 amide bonds. The van der Waals surface area contributed by atoms with E-state index in [1.807, 2.05) is 6.07 Å². The van der Waals surface area contributed by atoms with E-state index < -0.39 is 0 Å². The summed E-state index contributed by atoms with van der Waals surface area (Å²) in [5, 5.41) is 9.53. The van der Waals surface area contributed by atoms with E-state index in [2.05, 4.69) is 25.9 Å². The number of benzene rings is 2. The molecule has 1 aromatic heterocycles. The third-order valence-electron chi connectivity index (χ3n) is 5.36. The van der Waals surface area contributed by atoms with Crippen molar-refractivity contribution >= 4 is 46.6 Å². The molecule has 11 heteroatoms. The molecule has 1 saturated heterocycles. The number of ether oxygens (including phenoxy) is 2. The number of fused-ring (bicyclic) bond motifs is 1. The Kier molecular flexibility index (Phi) is 6.05. The Labute approximate surface area is 200 Å². The maximum Gasteiger partial charge on any atom is 0.254 e. The van der Waals surface area contributed by atoms with Crippen LogP contribution in [-0.4, -0.2) is 53.1 Å². The van der Waals surface area contributed by atoms with Gasteiger partial charge < -0.3 is 30.3 Å². The summed E-state index contributed by atoms with van der Waals surface area (Å²) >= 11 is 6.34. The number of amides is 2. The van der Waals surface area contributed by atoms with Gasteiger partial charge in [0.25, 0.3) is 5.91 Å². The Morgan fingerprint density at radius 3 is 2.94 bits per heavy atom. The fourth-order valence-electron chi connectivity index (χ4n) is 3.69. The Hall–Kier alpha value is -4.05. The van der Waals surface area contributed by atoms with Crippen molar-refractivity contribution in [1.82, 2.24) is 20.2 Å². The number of hydrogen-bond donors (Lipinski definition) is 3. The van der Waals surface area contributed by atoms with Crippen molar-refractivity contribution in [2.75, 3.05) is 37.1 Å². The SMILES string of the molecule is O=C1CCN(C(=O)c2cccc(Nc3nccc(Nc4c(Cl)ccc5c4OCO5)n3)c2)CCN1. The molecule has 2 aliphatic rings. The summed E-state index contributed by atoms with van der Waals surface area (Å²) in [4.78, 5) is 34.9. The zero-order chi connectivity index (χ0) is 23.5. The summed E-state index contributed by atoms with van der Waals surface area (Å²) in [7, 11) is 0. The lowest BCUT2D eigenvalue weighted by Gasteiger charge is -2.20. The van der Waals surface area contributed by atoms with Gasteiger partial charge in [-0.1, -0.05) is 17.7 Å². The van der Waals surface area contributed by atoms with Gasteiger partial charge in [0, 0.05) is 43.5 Å². The Balaban J connectivity index is 1.31. The molecule has 0 bridgehead atoms. The lowest BCUT2D eigenvalue weighted by molar-refractivity contribution is -0.120. The first-order chi connectivity index (χ1) is 16.6. The van der Waals surface area contributed by atoms with E-state index in [4.69, 9.17) is 21.1 Å². The molecule has 3 aromatic rings. The van der Waals surface area contributed by atoms with E-state index in [9.17, 15) is 9.59 Å². The third-order valence-corrected chi connectivity index (χ3v) is 5.68. The lowest BCUT2D eigenvalue weighted by Crippen LogP contribution is -2.34. The number of carbonyl (C=O) groups is 2. The second-order valence-corrected chi connectivity index (χ2v) is 8.05. The number of nitrogens with zero attached hydrogens (tertiary/aromatic N) is 3. The highest BCUT2D eigenvalue weighted by molar-refractivity contribution is 6.33. The van der Waals surface area contributed by atoms with Crippen molar-refractivity contribution in [3.05, 3.63) is 59.2 Å². The van der Waals surface area contributed by atoms with Crippen molar-refractivity contribution in [3.8, 4) is 11.5 Å². The number of carbonyl (C=O) groups excluding carboxylic acids is 2. The molecule has 2 aliphatic heterocycles. The lowest BCUT2D eigenvalue weighted by atomic mass is 10.1. The van der Waals surface area contributed by atoms with Gasteiger partial charge in [0.15, 0.2) is 11.5 Å². The zero-order valence-corrected chi connectivity index (χ0v) is 18.8. The van der Waals surface area contributed by atoms with Crippen LogP contribution in [0.3, 0.4) is 0 Å². The smallest absolute Gasteiger partial charge is 0.254 e. The highest BCUT2D eigenvalue weighted by atomic mass is 35.5. The number of aromatic nitrogens is 2. The van der Waals surface area contributed by atoms with E-state index in [1.165, 1.54) is 0 Å². The molecule has 0 radical (unpaired) electrons. The largest absolute Gasteiger partial charge is 0.454 e. The van der Waals surface area contributed by atoms with Crippen LogP contribution >= 0.6 is 11.6 Å². The highest BCUT2D eigenvalue weighted by Crippen LogP contribution is 2.44.